The van der Waals surface area contributed by atoms with Gasteiger partial charge in [0.15, 0.2) is 0 Å². The van der Waals surface area contributed by atoms with E-state index in [4.69, 9.17) is 0 Å². The van der Waals surface area contributed by atoms with Crippen molar-refractivity contribution in [3.8, 4) is 0 Å². The predicted molar refractivity (Wildman–Crippen MR) is 48.1 cm³/mol. The van der Waals surface area contributed by atoms with Gasteiger partial charge in [-0.15, -0.1) is 0 Å². The van der Waals surface area contributed by atoms with Gasteiger partial charge in [0.25, 0.3) is 0 Å². The Labute approximate surface area is 75.1 Å². The molecule has 1 rings (SSSR count). The van der Waals surface area contributed by atoms with E-state index in [-0.39, 0.29) is 0 Å². The van der Waals surface area contributed by atoms with E-state index in [1.165, 1.54) is 12.2 Å². The second-order valence-corrected chi connectivity index (χ2v) is 2.23. The van der Waals surface area contributed by atoms with Crippen molar-refractivity contribution in [1.82, 2.24) is 0 Å². The minimum absolute atomic E-state index is 0.661. The van der Waals surface area contributed by atoms with Crippen molar-refractivity contribution < 1.29 is 9.59 Å². The number of hydrogen-bond donors (Lipinski definition) is 0. The molecule has 0 spiro atoms. The normalized spacial score (nSPS) is 8.00. The number of benzene rings is 1. The Morgan fingerprint density at radius 3 is 2.00 bits per heavy atom. The van der Waals surface area contributed by atoms with Crippen molar-refractivity contribution in [3.05, 3.63) is 30.3 Å². The third-order valence-corrected chi connectivity index (χ3v) is 1.45. The summed E-state index contributed by atoms with van der Waals surface area (Å²) in [6.45, 7) is -0.809. The van der Waals surface area contributed by atoms with Crippen LogP contribution >= 0.6 is 0 Å². The Kier molecular flexibility index (Phi) is 3.39. The maximum atomic E-state index is 9.98. The fraction of sp³-hybridized carbons (Fsp3) is 0. The van der Waals surface area contributed by atoms with Gasteiger partial charge in [-0.05, 0) is 5.46 Å². The molecule has 1 aromatic rings. The first-order valence-electron chi connectivity index (χ1n) is 3.57. The molecule has 0 radical (unpaired) electrons. The van der Waals surface area contributed by atoms with Crippen molar-refractivity contribution in [2.45, 2.75) is 0 Å². The molecular weight excluding hydrogens is 167 g/mol. The minimum atomic E-state index is -0.809. The zero-order valence-corrected chi connectivity index (χ0v) is 6.68. The molecule has 0 aromatic heterocycles. The van der Waals surface area contributed by atoms with E-state index in [9.17, 15) is 9.59 Å². The van der Waals surface area contributed by atoms with Gasteiger partial charge in [0.1, 0.15) is 0 Å². The molecule has 0 heterocycles. The summed E-state index contributed by atoms with van der Waals surface area (Å²) >= 11 is 0. The molecule has 0 atom stereocenters. The molecule has 62 valence electrons. The van der Waals surface area contributed by atoms with E-state index in [0.717, 1.165) is 0 Å². The summed E-state index contributed by atoms with van der Waals surface area (Å²) in [5.74, 6) is 0. The first kappa shape index (κ1) is 9.14. The minimum Gasteiger partial charge on any atom is -0.230 e. The van der Waals surface area contributed by atoms with Crippen LogP contribution in [0.4, 0.5) is 0 Å². The van der Waals surface area contributed by atoms with Crippen LogP contribution in [0.25, 0.3) is 0 Å². The first-order chi connectivity index (χ1) is 6.38. The average Bonchev–Trinajstić information content (AvgIpc) is 2.19. The second kappa shape index (κ2) is 4.83. The zero-order chi connectivity index (χ0) is 9.52. The lowest BCUT2D eigenvalue weighted by atomic mass is 9.70. The van der Waals surface area contributed by atoms with Crippen molar-refractivity contribution in [3.63, 3.8) is 0 Å². The lowest BCUT2D eigenvalue weighted by Gasteiger charge is -1.96. The molecule has 0 saturated heterocycles. The highest BCUT2D eigenvalue weighted by Crippen LogP contribution is 1.89. The van der Waals surface area contributed by atoms with Crippen LogP contribution in [0.5, 0.6) is 0 Å². The van der Waals surface area contributed by atoms with Crippen molar-refractivity contribution in [1.29, 1.82) is 0 Å². The fourth-order valence-electron chi connectivity index (χ4n) is 0.903. The van der Waals surface area contributed by atoms with E-state index < -0.39 is 6.98 Å². The lowest BCUT2D eigenvalue weighted by molar-refractivity contribution is 0.565. The third-order valence-electron chi connectivity index (χ3n) is 1.45. The maximum Gasteiger partial charge on any atom is 0.472 e. The molecule has 0 fully saturated rings. The van der Waals surface area contributed by atoms with Gasteiger partial charge in [-0.1, -0.05) is 30.3 Å². The van der Waals surface area contributed by atoms with E-state index in [2.05, 4.69) is 9.81 Å². The highest BCUT2D eigenvalue weighted by Gasteiger charge is 2.14. The molecule has 13 heavy (non-hydrogen) atoms. The Bertz CT molecular complexity index is 349. The highest BCUT2D eigenvalue weighted by molar-refractivity contribution is 6.71. The molecule has 0 aliphatic carbocycles. The zero-order valence-electron chi connectivity index (χ0n) is 6.68. The van der Waals surface area contributed by atoms with Crippen LogP contribution < -0.4 is 5.46 Å². The number of isocyanates is 2. The smallest absolute Gasteiger partial charge is 0.230 e. The molecular formula is C8H5BN2O2. The maximum absolute atomic E-state index is 9.98. The van der Waals surface area contributed by atoms with Crippen molar-refractivity contribution in [2.24, 2.45) is 9.81 Å². The Morgan fingerprint density at radius 2 is 1.54 bits per heavy atom. The number of rotatable bonds is 3. The van der Waals surface area contributed by atoms with Crippen LogP contribution in [0.1, 0.15) is 0 Å². The van der Waals surface area contributed by atoms with Gasteiger partial charge in [-0.2, -0.15) is 0 Å². The van der Waals surface area contributed by atoms with Crippen molar-refractivity contribution in [2.75, 3.05) is 0 Å². The van der Waals surface area contributed by atoms with E-state index >= 15 is 0 Å². The van der Waals surface area contributed by atoms with Crippen molar-refractivity contribution >= 4 is 24.6 Å². The SMILES string of the molecule is O=C=NB(N=C=O)c1ccccc1. The van der Waals surface area contributed by atoms with Crippen LogP contribution in [0.2, 0.25) is 0 Å². The van der Waals surface area contributed by atoms with Crippen LogP contribution in [0.15, 0.2) is 40.1 Å². The second-order valence-electron chi connectivity index (χ2n) is 2.23. The summed E-state index contributed by atoms with van der Waals surface area (Å²) in [4.78, 5) is 26.7. The lowest BCUT2D eigenvalue weighted by Crippen LogP contribution is -2.25. The summed E-state index contributed by atoms with van der Waals surface area (Å²) in [6.07, 6.45) is 2.71. The van der Waals surface area contributed by atoms with E-state index in [1.54, 1.807) is 24.3 Å². The third kappa shape index (κ3) is 2.53. The molecule has 0 unspecified atom stereocenters. The predicted octanol–water partition coefficient (Wildman–Crippen LogP) is 0.0534. The summed E-state index contributed by atoms with van der Waals surface area (Å²) in [7, 11) is 0. The van der Waals surface area contributed by atoms with Gasteiger partial charge in [0, 0.05) is 0 Å². The van der Waals surface area contributed by atoms with E-state index in [0.29, 0.717) is 5.46 Å². The topological polar surface area (TPSA) is 58.9 Å². The van der Waals surface area contributed by atoms with Crippen LogP contribution in [0, 0.1) is 0 Å². The molecule has 1 aromatic carbocycles. The largest absolute Gasteiger partial charge is 0.472 e. The molecule has 0 aliphatic rings. The summed E-state index contributed by atoms with van der Waals surface area (Å²) < 4.78 is 0. The van der Waals surface area contributed by atoms with Gasteiger partial charge in [0.05, 0.1) is 0 Å². The van der Waals surface area contributed by atoms with Crippen LogP contribution in [-0.2, 0) is 9.59 Å². The fourth-order valence-corrected chi connectivity index (χ4v) is 0.903. The number of hydrogen-bond acceptors (Lipinski definition) is 4. The first-order valence-corrected chi connectivity index (χ1v) is 3.57. The average molecular weight is 172 g/mol. The number of carbonyl (C=O) groups excluding carboxylic acids is 2. The Balaban J connectivity index is 3.01. The summed E-state index contributed by atoms with van der Waals surface area (Å²) in [6, 6.07) is 8.78. The van der Waals surface area contributed by atoms with Gasteiger partial charge in [0.2, 0.25) is 12.2 Å². The molecule has 0 N–H and O–H groups in total. The molecule has 5 heteroatoms. The summed E-state index contributed by atoms with van der Waals surface area (Å²) in [5.41, 5.74) is 0.661. The summed E-state index contributed by atoms with van der Waals surface area (Å²) in [5, 5.41) is 0. The van der Waals surface area contributed by atoms with Gasteiger partial charge in [-0.3, -0.25) is 0 Å². The Hall–Kier alpha value is -1.96. The van der Waals surface area contributed by atoms with Crippen LogP contribution in [0.3, 0.4) is 0 Å². The van der Waals surface area contributed by atoms with E-state index in [1.807, 2.05) is 6.07 Å². The molecule has 0 bridgehead atoms. The van der Waals surface area contributed by atoms with Crippen LogP contribution in [-0.4, -0.2) is 19.1 Å². The van der Waals surface area contributed by atoms with Gasteiger partial charge < -0.3 is 0 Å². The highest BCUT2D eigenvalue weighted by atomic mass is 16.1. The molecule has 0 aliphatic heterocycles. The molecule has 0 amide bonds. The Morgan fingerprint density at radius 1 is 1.00 bits per heavy atom. The molecule has 4 nitrogen and oxygen atoms in total. The number of nitrogens with zero attached hydrogens (tertiary/aromatic N) is 2. The quantitative estimate of drug-likeness (QED) is 0.367. The van der Waals surface area contributed by atoms with Gasteiger partial charge in [-0.25, -0.2) is 19.4 Å². The van der Waals surface area contributed by atoms with Gasteiger partial charge >= 0.3 is 6.98 Å². The molecule has 0 saturated carbocycles. The monoisotopic (exact) mass is 172 g/mol. The standard InChI is InChI=1S/C8H5BN2O2/c12-6-10-9(11-7-13)8-4-2-1-3-5-8/h1-5H.